The molecule has 0 aromatic heterocycles. The number of thioether (sulfide) groups is 1. The van der Waals surface area contributed by atoms with Crippen molar-refractivity contribution in [2.24, 2.45) is 0 Å². The Bertz CT molecular complexity index is 744. The van der Waals surface area contributed by atoms with Crippen LogP contribution in [0.5, 0.6) is 0 Å². The van der Waals surface area contributed by atoms with Gasteiger partial charge >= 0.3 is 6.03 Å². The topological polar surface area (TPSA) is 32.3 Å². The Morgan fingerprint density at radius 3 is 2.83 bits per heavy atom. The Labute approximate surface area is 141 Å². The second-order valence-corrected chi connectivity index (χ2v) is 6.59. The highest BCUT2D eigenvalue weighted by Crippen LogP contribution is 2.41. The first-order valence-electron chi connectivity index (χ1n) is 6.95. The van der Waals surface area contributed by atoms with Crippen LogP contribution in [0, 0.1) is 11.6 Å². The van der Waals surface area contributed by atoms with Crippen LogP contribution in [-0.4, -0.2) is 23.2 Å². The number of benzene rings is 2. The van der Waals surface area contributed by atoms with Crippen molar-refractivity contribution in [3.8, 4) is 0 Å². The molecule has 2 aromatic carbocycles. The Morgan fingerprint density at radius 1 is 1.26 bits per heavy atom. The standard InChI is InChI=1S/C16H13ClF2N2OS/c17-12-4-2-1-3-11(12)15-21(7-8-23-15)16(22)20-14-9-10(18)5-6-13(14)19/h1-6,9,15H,7-8H2,(H,20,22). The number of anilines is 1. The number of urea groups is 1. The zero-order valence-corrected chi connectivity index (χ0v) is 13.5. The smallest absolute Gasteiger partial charge is 0.308 e. The molecule has 1 unspecified atom stereocenters. The monoisotopic (exact) mass is 354 g/mol. The SMILES string of the molecule is O=C(Nc1cc(F)ccc1F)N1CCSC1c1ccccc1Cl. The molecule has 0 spiro atoms. The number of carbonyl (C=O) groups is 1. The Morgan fingerprint density at radius 2 is 2.04 bits per heavy atom. The van der Waals surface area contributed by atoms with E-state index in [1.807, 2.05) is 18.2 Å². The van der Waals surface area contributed by atoms with Crippen LogP contribution in [0.2, 0.25) is 5.02 Å². The average Bonchev–Trinajstić information content (AvgIpc) is 3.01. The molecular formula is C16H13ClF2N2OS. The average molecular weight is 355 g/mol. The molecule has 1 saturated heterocycles. The summed E-state index contributed by atoms with van der Waals surface area (Å²) in [5, 5.41) is 2.75. The normalized spacial score (nSPS) is 17.3. The van der Waals surface area contributed by atoms with Gasteiger partial charge in [0.2, 0.25) is 0 Å². The van der Waals surface area contributed by atoms with E-state index in [1.54, 1.807) is 22.7 Å². The van der Waals surface area contributed by atoms with Crippen molar-refractivity contribution in [3.63, 3.8) is 0 Å². The van der Waals surface area contributed by atoms with Crippen molar-refractivity contribution < 1.29 is 13.6 Å². The van der Waals surface area contributed by atoms with Crippen molar-refractivity contribution in [3.05, 3.63) is 64.7 Å². The maximum atomic E-state index is 13.7. The number of hydrogen-bond donors (Lipinski definition) is 1. The van der Waals surface area contributed by atoms with Gasteiger partial charge in [-0.25, -0.2) is 13.6 Å². The van der Waals surface area contributed by atoms with Crippen molar-refractivity contribution in [1.82, 2.24) is 4.90 Å². The molecule has 1 aliphatic heterocycles. The van der Waals surface area contributed by atoms with E-state index < -0.39 is 17.7 Å². The van der Waals surface area contributed by atoms with Crippen LogP contribution in [0.3, 0.4) is 0 Å². The number of nitrogens with zero attached hydrogens (tertiary/aromatic N) is 1. The summed E-state index contributed by atoms with van der Waals surface area (Å²) in [5.74, 6) is -0.546. The van der Waals surface area contributed by atoms with Crippen LogP contribution >= 0.6 is 23.4 Å². The molecule has 0 radical (unpaired) electrons. The molecule has 0 bridgehead atoms. The van der Waals surface area contributed by atoms with Gasteiger partial charge in [-0.1, -0.05) is 29.8 Å². The van der Waals surface area contributed by atoms with E-state index in [0.29, 0.717) is 11.6 Å². The van der Waals surface area contributed by atoms with Gasteiger partial charge in [-0.2, -0.15) is 0 Å². The van der Waals surface area contributed by atoms with E-state index in [1.165, 1.54) is 0 Å². The molecule has 2 aromatic rings. The third-order valence-corrected chi connectivity index (χ3v) is 5.08. The first-order chi connectivity index (χ1) is 11.1. The van der Waals surface area contributed by atoms with Crippen LogP contribution in [0.4, 0.5) is 19.3 Å². The zero-order valence-electron chi connectivity index (χ0n) is 11.9. The van der Waals surface area contributed by atoms with Crippen LogP contribution in [-0.2, 0) is 0 Å². The van der Waals surface area contributed by atoms with Crippen LogP contribution in [0.25, 0.3) is 0 Å². The molecule has 23 heavy (non-hydrogen) atoms. The summed E-state index contributed by atoms with van der Waals surface area (Å²) in [6.07, 6.45) is 0. The molecule has 1 fully saturated rings. The van der Waals surface area contributed by atoms with Gasteiger partial charge in [0.15, 0.2) is 0 Å². The molecule has 7 heteroatoms. The summed E-state index contributed by atoms with van der Waals surface area (Å²) in [5.41, 5.74) is 0.649. The maximum absolute atomic E-state index is 13.7. The van der Waals surface area contributed by atoms with Gasteiger partial charge in [-0.05, 0) is 18.2 Å². The fourth-order valence-corrected chi connectivity index (χ4v) is 3.99. The van der Waals surface area contributed by atoms with Crippen molar-refractivity contribution in [2.45, 2.75) is 5.37 Å². The maximum Gasteiger partial charge on any atom is 0.323 e. The van der Waals surface area contributed by atoms with Crippen LogP contribution in [0.1, 0.15) is 10.9 Å². The number of amides is 2. The van der Waals surface area contributed by atoms with Crippen molar-refractivity contribution in [2.75, 3.05) is 17.6 Å². The van der Waals surface area contributed by atoms with Gasteiger partial charge in [-0.15, -0.1) is 11.8 Å². The first kappa shape index (κ1) is 16.1. The Balaban J connectivity index is 1.81. The van der Waals surface area contributed by atoms with Crippen molar-refractivity contribution >= 4 is 35.1 Å². The molecule has 1 aliphatic rings. The molecule has 0 saturated carbocycles. The lowest BCUT2D eigenvalue weighted by Gasteiger charge is -2.25. The number of hydrogen-bond acceptors (Lipinski definition) is 2. The second-order valence-electron chi connectivity index (χ2n) is 4.99. The van der Waals surface area contributed by atoms with Gasteiger partial charge in [0.1, 0.15) is 17.0 Å². The fraction of sp³-hybridized carbons (Fsp3) is 0.188. The fourth-order valence-electron chi connectivity index (χ4n) is 2.39. The zero-order chi connectivity index (χ0) is 16.4. The summed E-state index contributed by atoms with van der Waals surface area (Å²) in [6, 6.07) is 9.75. The van der Waals surface area contributed by atoms with Gasteiger partial charge in [0, 0.05) is 29.0 Å². The lowest BCUT2D eigenvalue weighted by molar-refractivity contribution is 0.214. The number of carbonyl (C=O) groups excluding carboxylic acids is 1. The minimum absolute atomic E-state index is 0.176. The predicted octanol–water partition coefficient (Wildman–Crippen LogP) is 4.90. The molecular weight excluding hydrogens is 342 g/mol. The summed E-state index contributed by atoms with van der Waals surface area (Å²) in [4.78, 5) is 14.0. The quantitative estimate of drug-likeness (QED) is 0.832. The van der Waals surface area contributed by atoms with E-state index in [2.05, 4.69) is 5.32 Å². The molecule has 120 valence electrons. The summed E-state index contributed by atoms with van der Waals surface area (Å²) in [6.45, 7) is 0.503. The summed E-state index contributed by atoms with van der Waals surface area (Å²) in [7, 11) is 0. The van der Waals surface area contributed by atoms with E-state index >= 15 is 0 Å². The lowest BCUT2D eigenvalue weighted by atomic mass is 10.2. The molecule has 1 heterocycles. The minimum atomic E-state index is -0.680. The minimum Gasteiger partial charge on any atom is -0.308 e. The molecule has 2 amide bonds. The number of rotatable bonds is 2. The van der Waals surface area contributed by atoms with Gasteiger partial charge < -0.3 is 10.2 Å². The largest absolute Gasteiger partial charge is 0.323 e. The Kier molecular flexibility index (Phi) is 4.73. The highest BCUT2D eigenvalue weighted by Gasteiger charge is 2.32. The molecule has 1 atom stereocenters. The third kappa shape index (κ3) is 3.43. The van der Waals surface area contributed by atoms with Crippen molar-refractivity contribution in [1.29, 1.82) is 0 Å². The van der Waals surface area contributed by atoms with E-state index in [9.17, 15) is 13.6 Å². The molecule has 0 aliphatic carbocycles. The van der Waals surface area contributed by atoms with Gasteiger partial charge in [-0.3, -0.25) is 0 Å². The molecule has 3 nitrogen and oxygen atoms in total. The summed E-state index contributed by atoms with van der Waals surface area (Å²) < 4.78 is 26.9. The third-order valence-electron chi connectivity index (χ3n) is 3.49. The van der Waals surface area contributed by atoms with E-state index in [-0.39, 0.29) is 11.1 Å². The molecule has 1 N–H and O–H groups in total. The second kappa shape index (κ2) is 6.76. The van der Waals surface area contributed by atoms with E-state index in [0.717, 1.165) is 29.5 Å². The Hall–Kier alpha value is -1.79. The lowest BCUT2D eigenvalue weighted by Crippen LogP contribution is -2.34. The van der Waals surface area contributed by atoms with Crippen LogP contribution in [0.15, 0.2) is 42.5 Å². The first-order valence-corrected chi connectivity index (χ1v) is 8.37. The van der Waals surface area contributed by atoms with Gasteiger partial charge in [0.25, 0.3) is 0 Å². The van der Waals surface area contributed by atoms with Gasteiger partial charge in [0.05, 0.1) is 5.69 Å². The highest BCUT2D eigenvalue weighted by molar-refractivity contribution is 7.99. The number of halogens is 3. The molecule has 3 rings (SSSR count). The number of nitrogens with one attached hydrogen (secondary N) is 1. The summed E-state index contributed by atoms with van der Waals surface area (Å²) >= 11 is 7.78. The highest BCUT2D eigenvalue weighted by atomic mass is 35.5. The van der Waals surface area contributed by atoms with Crippen LogP contribution < -0.4 is 5.32 Å². The van der Waals surface area contributed by atoms with E-state index in [4.69, 9.17) is 11.6 Å². The predicted molar refractivity (Wildman–Crippen MR) is 88.7 cm³/mol.